The topological polar surface area (TPSA) is 62.2 Å². The van der Waals surface area contributed by atoms with Crippen molar-refractivity contribution >= 4 is 11.1 Å². The summed E-state index contributed by atoms with van der Waals surface area (Å²) < 4.78 is 26.2. The molecule has 0 amide bonds. The molecule has 2 atom stereocenters. The molecule has 3 aromatic rings. The fraction of sp³-hybridized carbons (Fsp3) is 0.333. The summed E-state index contributed by atoms with van der Waals surface area (Å²) in [5.74, 6) is 1.30. The second-order valence-electron chi connectivity index (χ2n) is 9.66. The van der Waals surface area contributed by atoms with Gasteiger partial charge >= 0.3 is 0 Å². The van der Waals surface area contributed by atoms with Gasteiger partial charge in [0.2, 0.25) is 0 Å². The second-order valence-corrected chi connectivity index (χ2v) is 9.66. The van der Waals surface area contributed by atoms with Gasteiger partial charge in [0, 0.05) is 24.2 Å². The van der Waals surface area contributed by atoms with Crippen LogP contribution in [0.25, 0.3) is 11.1 Å². The van der Waals surface area contributed by atoms with Crippen molar-refractivity contribution in [1.29, 1.82) is 0 Å². The van der Waals surface area contributed by atoms with Crippen LogP contribution < -0.4 is 9.47 Å². The van der Waals surface area contributed by atoms with Gasteiger partial charge in [-0.25, -0.2) is 4.39 Å². The van der Waals surface area contributed by atoms with Crippen LogP contribution in [0.2, 0.25) is 0 Å². The molecule has 0 aliphatic carbocycles. The number of allylic oxidation sites excluding steroid dienone is 1. The Labute approximate surface area is 211 Å². The molecular formula is C30H32FNO4. The summed E-state index contributed by atoms with van der Waals surface area (Å²) in [7, 11) is 0. The van der Waals surface area contributed by atoms with Gasteiger partial charge in [-0.3, -0.25) is 4.90 Å². The van der Waals surface area contributed by atoms with E-state index in [0.717, 1.165) is 53.6 Å². The van der Waals surface area contributed by atoms with Crippen LogP contribution >= 0.6 is 0 Å². The SMILES string of the molecule is CC[C@@H]1CCN(CCOc2ccc(C3Oc4ccc(O)cc4C(C)=C3c3ccc(F)c(O)c3)cc2)C1. The molecule has 5 nitrogen and oxygen atoms in total. The number of hydrogen-bond acceptors (Lipinski definition) is 5. The van der Waals surface area contributed by atoms with Gasteiger partial charge in [-0.15, -0.1) is 0 Å². The van der Waals surface area contributed by atoms with E-state index in [1.165, 1.54) is 25.0 Å². The van der Waals surface area contributed by atoms with E-state index < -0.39 is 17.7 Å². The smallest absolute Gasteiger partial charge is 0.164 e. The minimum absolute atomic E-state index is 0.136. The molecule has 1 fully saturated rings. The van der Waals surface area contributed by atoms with Gasteiger partial charge in [0.05, 0.1) is 0 Å². The van der Waals surface area contributed by atoms with Crippen molar-refractivity contribution in [3.8, 4) is 23.0 Å². The maximum absolute atomic E-state index is 13.8. The first kappa shape index (κ1) is 24.2. The molecule has 1 unspecified atom stereocenters. The molecule has 2 aliphatic rings. The molecule has 0 saturated carbocycles. The first-order valence-electron chi connectivity index (χ1n) is 12.6. The van der Waals surface area contributed by atoms with Crippen molar-refractivity contribution < 1.29 is 24.1 Å². The van der Waals surface area contributed by atoms with Crippen molar-refractivity contribution in [2.24, 2.45) is 5.92 Å². The Hall–Kier alpha value is -3.51. The van der Waals surface area contributed by atoms with Gasteiger partial charge < -0.3 is 19.7 Å². The van der Waals surface area contributed by atoms with Crippen LogP contribution in [0.5, 0.6) is 23.0 Å². The number of hydrogen-bond donors (Lipinski definition) is 2. The Morgan fingerprint density at radius 3 is 2.58 bits per heavy atom. The van der Waals surface area contributed by atoms with E-state index in [0.29, 0.717) is 17.9 Å². The van der Waals surface area contributed by atoms with E-state index in [1.54, 1.807) is 24.3 Å². The maximum Gasteiger partial charge on any atom is 0.164 e. The summed E-state index contributed by atoms with van der Waals surface area (Å²) in [6.07, 6.45) is 2.04. The highest BCUT2D eigenvalue weighted by Crippen LogP contribution is 2.47. The van der Waals surface area contributed by atoms with Gasteiger partial charge in [-0.2, -0.15) is 0 Å². The summed E-state index contributed by atoms with van der Waals surface area (Å²) >= 11 is 0. The normalized spacial score (nSPS) is 19.8. The molecule has 0 spiro atoms. The number of ether oxygens (including phenoxy) is 2. The monoisotopic (exact) mass is 489 g/mol. The van der Waals surface area contributed by atoms with Gasteiger partial charge in [-0.05, 0) is 85.0 Å². The molecule has 188 valence electrons. The number of aromatic hydroxyl groups is 2. The van der Waals surface area contributed by atoms with Crippen molar-refractivity contribution in [1.82, 2.24) is 4.90 Å². The van der Waals surface area contributed by atoms with E-state index in [2.05, 4.69) is 11.8 Å². The minimum Gasteiger partial charge on any atom is -0.508 e. The zero-order valence-corrected chi connectivity index (χ0v) is 20.7. The number of rotatable bonds is 7. The lowest BCUT2D eigenvalue weighted by molar-refractivity contribution is 0.232. The van der Waals surface area contributed by atoms with Crippen molar-refractivity contribution in [3.63, 3.8) is 0 Å². The fourth-order valence-electron chi connectivity index (χ4n) is 5.20. The van der Waals surface area contributed by atoms with Gasteiger partial charge in [0.1, 0.15) is 30.0 Å². The van der Waals surface area contributed by atoms with Crippen molar-refractivity contribution in [2.75, 3.05) is 26.2 Å². The first-order valence-corrected chi connectivity index (χ1v) is 12.6. The number of fused-ring (bicyclic) bond motifs is 1. The standard InChI is InChI=1S/C30H32FNO4/c1-3-20-12-13-32(18-20)14-15-35-24-8-4-21(5-9-24)30-29(22-6-10-26(31)27(34)16-22)19(2)25-17-23(33)7-11-28(25)36-30/h4-11,16-17,20,30,33-34H,3,12-15,18H2,1-2H3/t20-,30?/m1/s1. The van der Waals surface area contributed by atoms with E-state index in [-0.39, 0.29) is 5.75 Å². The fourth-order valence-corrected chi connectivity index (χ4v) is 5.20. The molecule has 2 heterocycles. The maximum atomic E-state index is 13.8. The number of phenols is 2. The molecule has 36 heavy (non-hydrogen) atoms. The number of halogens is 1. The van der Waals surface area contributed by atoms with Gasteiger partial charge in [-0.1, -0.05) is 31.5 Å². The highest BCUT2D eigenvalue weighted by atomic mass is 19.1. The molecule has 2 N–H and O–H groups in total. The molecule has 2 aliphatic heterocycles. The third kappa shape index (κ3) is 4.91. The Morgan fingerprint density at radius 1 is 1.06 bits per heavy atom. The van der Waals surface area contributed by atoms with Crippen molar-refractivity contribution in [2.45, 2.75) is 32.8 Å². The summed E-state index contributed by atoms with van der Waals surface area (Å²) in [5.41, 5.74) is 4.01. The average molecular weight is 490 g/mol. The van der Waals surface area contributed by atoms with Crippen LogP contribution in [0.1, 0.15) is 49.5 Å². The predicted molar refractivity (Wildman–Crippen MR) is 139 cm³/mol. The van der Waals surface area contributed by atoms with E-state index in [1.807, 2.05) is 31.2 Å². The zero-order chi connectivity index (χ0) is 25.2. The molecule has 0 aromatic heterocycles. The van der Waals surface area contributed by atoms with Crippen LogP contribution in [0.15, 0.2) is 60.7 Å². The lowest BCUT2D eigenvalue weighted by Crippen LogP contribution is -2.26. The van der Waals surface area contributed by atoms with Crippen LogP contribution in [0, 0.1) is 11.7 Å². The zero-order valence-electron chi connectivity index (χ0n) is 20.7. The second kappa shape index (κ2) is 10.2. The Kier molecular flexibility index (Phi) is 6.88. The molecule has 1 saturated heterocycles. The average Bonchev–Trinajstić information content (AvgIpc) is 3.35. The van der Waals surface area contributed by atoms with E-state index in [9.17, 15) is 14.6 Å². The van der Waals surface area contributed by atoms with Gasteiger partial charge in [0.25, 0.3) is 0 Å². The lowest BCUT2D eigenvalue weighted by Gasteiger charge is -2.31. The Morgan fingerprint density at radius 2 is 1.86 bits per heavy atom. The highest BCUT2D eigenvalue weighted by molar-refractivity contribution is 5.95. The Balaban J connectivity index is 1.38. The first-order chi connectivity index (χ1) is 17.4. The molecular weight excluding hydrogens is 457 g/mol. The quantitative estimate of drug-likeness (QED) is 0.401. The highest BCUT2D eigenvalue weighted by Gasteiger charge is 2.30. The van der Waals surface area contributed by atoms with Crippen LogP contribution in [0.4, 0.5) is 4.39 Å². The number of nitrogens with zero attached hydrogens (tertiary/aromatic N) is 1. The molecule has 5 rings (SSSR count). The molecule has 3 aromatic carbocycles. The summed E-state index contributed by atoms with van der Waals surface area (Å²) in [6.45, 7) is 8.07. The van der Waals surface area contributed by atoms with Gasteiger partial charge in [0.15, 0.2) is 11.6 Å². The van der Waals surface area contributed by atoms with Crippen LogP contribution in [-0.4, -0.2) is 41.4 Å². The Bertz CT molecular complexity index is 1270. The summed E-state index contributed by atoms with van der Waals surface area (Å²) in [4.78, 5) is 2.46. The predicted octanol–water partition coefficient (Wildman–Crippen LogP) is 6.41. The third-order valence-corrected chi connectivity index (χ3v) is 7.34. The van der Waals surface area contributed by atoms with E-state index in [4.69, 9.17) is 9.47 Å². The molecule has 6 heteroatoms. The number of phenolic OH excluding ortho intramolecular Hbond substituents is 2. The number of likely N-dealkylation sites (tertiary alicyclic amines) is 1. The minimum atomic E-state index is -0.677. The van der Waals surface area contributed by atoms with Crippen LogP contribution in [-0.2, 0) is 0 Å². The molecule has 0 radical (unpaired) electrons. The van der Waals surface area contributed by atoms with Crippen LogP contribution in [0.3, 0.4) is 0 Å². The third-order valence-electron chi connectivity index (χ3n) is 7.34. The summed E-state index contributed by atoms with van der Waals surface area (Å²) in [6, 6.07) is 17.1. The lowest BCUT2D eigenvalue weighted by atomic mass is 9.86. The van der Waals surface area contributed by atoms with Crippen molar-refractivity contribution in [3.05, 3.63) is 83.2 Å². The number of benzene rings is 3. The summed E-state index contributed by atoms with van der Waals surface area (Å²) in [5, 5.41) is 20.1. The largest absolute Gasteiger partial charge is 0.508 e. The molecule has 0 bridgehead atoms. The van der Waals surface area contributed by atoms with E-state index >= 15 is 0 Å².